The highest BCUT2D eigenvalue weighted by Gasteiger charge is 2.21. The molecule has 0 aromatic carbocycles. The van der Waals surface area contributed by atoms with E-state index < -0.39 is 0 Å². The number of carbonyl (C=O) groups is 1. The molecule has 0 aliphatic rings. The number of anilines is 1. The molecule has 4 heterocycles. The van der Waals surface area contributed by atoms with E-state index in [0.29, 0.717) is 22.1 Å². The van der Waals surface area contributed by atoms with Crippen molar-refractivity contribution in [3.8, 4) is 10.6 Å². The molecule has 9 heteroatoms. The predicted octanol–water partition coefficient (Wildman–Crippen LogP) is 3.95. The largest absolute Gasteiger partial charge is 0.304 e. The van der Waals surface area contributed by atoms with Crippen LogP contribution in [0.1, 0.15) is 21.7 Å². The molecule has 1 amide bonds. The van der Waals surface area contributed by atoms with E-state index in [1.165, 1.54) is 0 Å². The molecule has 0 aliphatic heterocycles. The highest BCUT2D eigenvalue weighted by Crippen LogP contribution is 2.30. The van der Waals surface area contributed by atoms with Crippen molar-refractivity contribution < 1.29 is 4.79 Å². The number of hydrogen-bond donors (Lipinski definition) is 1. The lowest BCUT2D eigenvalue weighted by Crippen LogP contribution is -2.14. The van der Waals surface area contributed by atoms with Gasteiger partial charge >= 0.3 is 0 Å². The van der Waals surface area contributed by atoms with Crippen LogP contribution in [0.25, 0.3) is 21.6 Å². The molecule has 0 bridgehead atoms. The number of nitrogens with one attached hydrogen (secondary N) is 1. The number of thiophene rings is 1. The van der Waals surface area contributed by atoms with Crippen molar-refractivity contribution in [1.29, 1.82) is 0 Å². The van der Waals surface area contributed by atoms with Gasteiger partial charge < -0.3 is 5.32 Å². The minimum atomic E-state index is -0.295. The van der Waals surface area contributed by atoms with E-state index in [1.807, 2.05) is 38.4 Å². The summed E-state index contributed by atoms with van der Waals surface area (Å²) in [6, 6.07) is 5.72. The lowest BCUT2D eigenvalue weighted by molar-refractivity contribution is 0.102. The van der Waals surface area contributed by atoms with Crippen LogP contribution in [-0.2, 0) is 14.1 Å². The molecule has 0 aliphatic carbocycles. The Morgan fingerprint density at radius 1 is 1.22 bits per heavy atom. The van der Waals surface area contributed by atoms with Crippen LogP contribution in [0.4, 0.5) is 5.82 Å². The van der Waals surface area contributed by atoms with Crippen molar-refractivity contribution in [2.24, 2.45) is 14.1 Å². The number of aromatic nitrogens is 5. The highest BCUT2D eigenvalue weighted by atomic mass is 35.5. The molecule has 0 radical (unpaired) electrons. The third-order valence-corrected chi connectivity index (χ3v) is 5.82. The molecular weight excluding hydrogens is 384 g/mol. The average molecular weight is 401 g/mol. The Balaban J connectivity index is 1.86. The summed E-state index contributed by atoms with van der Waals surface area (Å²) < 4.78 is 3.32. The SMILES string of the molecule is Cc1nn(C)c2nc(-c3cccs3)cc(C(=O)Nc3nn(C)c(C)c3Cl)c12. The quantitative estimate of drug-likeness (QED) is 0.564. The Hall–Kier alpha value is -2.71. The van der Waals surface area contributed by atoms with E-state index in [9.17, 15) is 4.79 Å². The Labute approximate surface area is 164 Å². The first-order chi connectivity index (χ1) is 12.9. The second-order valence-corrected chi connectivity index (χ2v) is 7.59. The molecule has 1 N–H and O–H groups in total. The summed E-state index contributed by atoms with van der Waals surface area (Å²) >= 11 is 7.86. The van der Waals surface area contributed by atoms with E-state index in [1.54, 1.807) is 33.8 Å². The van der Waals surface area contributed by atoms with Crippen molar-refractivity contribution in [1.82, 2.24) is 24.5 Å². The van der Waals surface area contributed by atoms with Gasteiger partial charge in [-0.1, -0.05) is 17.7 Å². The maximum Gasteiger partial charge on any atom is 0.257 e. The molecule has 4 rings (SSSR count). The zero-order chi connectivity index (χ0) is 19.3. The number of nitrogens with zero attached hydrogens (tertiary/aromatic N) is 5. The summed E-state index contributed by atoms with van der Waals surface area (Å²) in [6.07, 6.45) is 0. The Kier molecular flexibility index (Phi) is 4.24. The summed E-state index contributed by atoms with van der Waals surface area (Å²) in [5.41, 5.74) is 3.41. The molecular formula is C18H17ClN6OS. The fourth-order valence-corrected chi connectivity index (χ4v) is 3.91. The molecule has 0 saturated carbocycles. The molecule has 138 valence electrons. The third-order valence-electron chi connectivity index (χ3n) is 4.48. The van der Waals surface area contributed by atoms with Gasteiger partial charge in [0.2, 0.25) is 0 Å². The molecule has 0 unspecified atom stereocenters. The van der Waals surface area contributed by atoms with Crippen LogP contribution < -0.4 is 5.32 Å². The Morgan fingerprint density at radius 2 is 2.00 bits per heavy atom. The topological polar surface area (TPSA) is 77.6 Å². The molecule has 7 nitrogen and oxygen atoms in total. The molecule has 27 heavy (non-hydrogen) atoms. The maximum absolute atomic E-state index is 13.1. The Bertz CT molecular complexity index is 1170. The number of aryl methyl sites for hydroxylation is 3. The fraction of sp³-hybridized carbons (Fsp3) is 0.222. The summed E-state index contributed by atoms with van der Waals surface area (Å²) in [6.45, 7) is 3.71. The third kappa shape index (κ3) is 2.90. The highest BCUT2D eigenvalue weighted by molar-refractivity contribution is 7.13. The summed E-state index contributed by atoms with van der Waals surface area (Å²) in [4.78, 5) is 18.8. The van der Waals surface area contributed by atoms with Crippen LogP contribution in [0.15, 0.2) is 23.6 Å². The first-order valence-corrected chi connectivity index (χ1v) is 9.51. The summed E-state index contributed by atoms with van der Waals surface area (Å²) in [5, 5.41) is 14.7. The molecule has 0 atom stereocenters. The number of rotatable bonds is 3. The molecule has 0 fully saturated rings. The fourth-order valence-electron chi connectivity index (χ4n) is 3.01. The molecule has 0 saturated heterocycles. The van der Waals surface area contributed by atoms with Gasteiger partial charge in [-0.05, 0) is 31.4 Å². The number of halogens is 1. The van der Waals surface area contributed by atoms with Crippen LogP contribution in [0, 0.1) is 13.8 Å². The Morgan fingerprint density at radius 3 is 2.63 bits per heavy atom. The lowest BCUT2D eigenvalue weighted by Gasteiger charge is -2.07. The van der Waals surface area contributed by atoms with Gasteiger partial charge in [-0.3, -0.25) is 14.2 Å². The first kappa shape index (κ1) is 17.7. The minimum Gasteiger partial charge on any atom is -0.304 e. The van der Waals surface area contributed by atoms with Crippen molar-refractivity contribution in [3.05, 3.63) is 45.6 Å². The predicted molar refractivity (Wildman–Crippen MR) is 107 cm³/mol. The monoisotopic (exact) mass is 400 g/mol. The summed E-state index contributed by atoms with van der Waals surface area (Å²) in [7, 11) is 3.60. The van der Waals surface area contributed by atoms with Gasteiger partial charge in [-0.25, -0.2) is 4.98 Å². The van der Waals surface area contributed by atoms with Gasteiger partial charge in [0.1, 0.15) is 5.02 Å². The maximum atomic E-state index is 13.1. The second kappa shape index (κ2) is 6.47. The van der Waals surface area contributed by atoms with E-state index in [-0.39, 0.29) is 5.91 Å². The van der Waals surface area contributed by atoms with E-state index in [2.05, 4.69) is 15.5 Å². The van der Waals surface area contributed by atoms with E-state index in [0.717, 1.165) is 27.3 Å². The smallest absolute Gasteiger partial charge is 0.257 e. The van der Waals surface area contributed by atoms with E-state index >= 15 is 0 Å². The standard InChI is InChI=1S/C18H17ClN6OS/c1-9-14-11(18(26)21-16-15(19)10(2)24(3)23-16)8-12(13-6-5-7-27-13)20-17(14)25(4)22-9/h5-8H,1-4H3,(H,21,23,26). The van der Waals surface area contributed by atoms with Crippen molar-refractivity contribution in [2.45, 2.75) is 13.8 Å². The van der Waals surface area contributed by atoms with Crippen LogP contribution in [0.5, 0.6) is 0 Å². The van der Waals surface area contributed by atoms with Crippen LogP contribution >= 0.6 is 22.9 Å². The number of amides is 1. The number of hydrogen-bond acceptors (Lipinski definition) is 5. The zero-order valence-electron chi connectivity index (χ0n) is 15.2. The molecule has 4 aromatic rings. The van der Waals surface area contributed by atoms with Gasteiger partial charge in [0.25, 0.3) is 5.91 Å². The van der Waals surface area contributed by atoms with Crippen LogP contribution in [0.3, 0.4) is 0 Å². The van der Waals surface area contributed by atoms with Gasteiger partial charge in [0, 0.05) is 14.1 Å². The van der Waals surface area contributed by atoms with Gasteiger partial charge in [0.15, 0.2) is 11.5 Å². The number of fused-ring (bicyclic) bond motifs is 1. The van der Waals surface area contributed by atoms with Crippen molar-refractivity contribution in [2.75, 3.05) is 5.32 Å². The van der Waals surface area contributed by atoms with Gasteiger partial charge in [-0.2, -0.15) is 10.2 Å². The summed E-state index contributed by atoms with van der Waals surface area (Å²) in [5.74, 6) is 0.0437. The molecule has 4 aromatic heterocycles. The van der Waals surface area contributed by atoms with Gasteiger partial charge in [-0.15, -0.1) is 11.3 Å². The zero-order valence-corrected chi connectivity index (χ0v) is 16.8. The second-order valence-electron chi connectivity index (χ2n) is 6.27. The number of pyridine rings is 1. The van der Waals surface area contributed by atoms with Crippen molar-refractivity contribution in [3.63, 3.8) is 0 Å². The molecule has 0 spiro atoms. The number of carbonyl (C=O) groups excluding carboxylic acids is 1. The normalized spacial score (nSPS) is 11.3. The van der Waals surface area contributed by atoms with Crippen LogP contribution in [0.2, 0.25) is 5.02 Å². The van der Waals surface area contributed by atoms with Crippen molar-refractivity contribution >= 4 is 45.7 Å². The minimum absolute atomic E-state index is 0.295. The van der Waals surface area contributed by atoms with Crippen LogP contribution in [-0.4, -0.2) is 30.5 Å². The van der Waals surface area contributed by atoms with E-state index in [4.69, 9.17) is 16.6 Å². The average Bonchev–Trinajstić information content (AvgIpc) is 3.33. The lowest BCUT2D eigenvalue weighted by atomic mass is 10.1. The first-order valence-electron chi connectivity index (χ1n) is 8.25. The van der Waals surface area contributed by atoms with Gasteiger partial charge in [0.05, 0.1) is 32.9 Å².